The number of hydrogen-bond acceptors (Lipinski definition) is 3. The van der Waals surface area contributed by atoms with Crippen molar-refractivity contribution in [3.8, 4) is 5.75 Å². The van der Waals surface area contributed by atoms with Gasteiger partial charge in [0.1, 0.15) is 5.75 Å². The van der Waals surface area contributed by atoms with Gasteiger partial charge in [0, 0.05) is 19.0 Å². The van der Waals surface area contributed by atoms with E-state index >= 15 is 0 Å². The number of rotatable bonds is 7. The molecule has 0 radical (unpaired) electrons. The Morgan fingerprint density at radius 3 is 2.61 bits per heavy atom. The zero-order chi connectivity index (χ0) is 23.5. The number of aliphatic carboxylic acids is 1. The van der Waals surface area contributed by atoms with Gasteiger partial charge in [-0.1, -0.05) is 25.1 Å². The Bertz CT molecular complexity index is 971. The summed E-state index contributed by atoms with van der Waals surface area (Å²) < 4.78 is 34.4. The maximum Gasteiger partial charge on any atom is 0.303 e. The fourth-order valence-corrected chi connectivity index (χ4v) is 5.54. The summed E-state index contributed by atoms with van der Waals surface area (Å²) in [6.07, 6.45) is 3.50. The quantitative estimate of drug-likeness (QED) is 0.485. The molecule has 0 spiro atoms. The maximum absolute atomic E-state index is 14.1. The van der Waals surface area contributed by atoms with Gasteiger partial charge < -0.3 is 9.84 Å². The van der Waals surface area contributed by atoms with Crippen LogP contribution < -0.4 is 4.74 Å². The largest absolute Gasteiger partial charge is 0.490 e. The number of fused-ring (bicyclic) bond motifs is 1. The summed E-state index contributed by atoms with van der Waals surface area (Å²) in [5, 5.41) is 10.5. The third-order valence-corrected chi connectivity index (χ3v) is 7.56. The smallest absolute Gasteiger partial charge is 0.303 e. The van der Waals surface area contributed by atoms with Gasteiger partial charge in [-0.15, -0.1) is 0 Å². The van der Waals surface area contributed by atoms with Crippen LogP contribution in [-0.2, 0) is 4.79 Å². The van der Waals surface area contributed by atoms with Crippen LogP contribution >= 0.6 is 0 Å². The Balaban J connectivity index is 1.55. The SMILES string of the molecule is C[C@@H](c1ccc2c(C(F)F)c(O[C@H]3CC[C@@H](C)CC3)ccc2c1)N1CCC[C@@H](CC(=O)O)C1. The molecule has 1 saturated heterocycles. The van der Waals surface area contributed by atoms with Crippen LogP contribution in [0.25, 0.3) is 10.8 Å². The lowest BCUT2D eigenvalue weighted by molar-refractivity contribution is -0.138. The summed E-state index contributed by atoms with van der Waals surface area (Å²) in [6.45, 7) is 6.01. The highest BCUT2D eigenvalue weighted by atomic mass is 19.3. The molecular weight excluding hydrogens is 424 g/mol. The molecule has 6 heteroatoms. The lowest BCUT2D eigenvalue weighted by Crippen LogP contribution is -2.37. The van der Waals surface area contributed by atoms with E-state index in [1.807, 2.05) is 18.2 Å². The fraction of sp³-hybridized carbons (Fsp3) is 0.593. The molecule has 1 aliphatic heterocycles. The molecule has 4 rings (SSSR count). The first kappa shape index (κ1) is 23.9. The number of piperidine rings is 1. The van der Waals surface area contributed by atoms with Gasteiger partial charge in [-0.05, 0) is 92.3 Å². The number of ether oxygens (including phenoxy) is 1. The van der Waals surface area contributed by atoms with Gasteiger partial charge in [0.05, 0.1) is 11.7 Å². The molecule has 2 aliphatic rings. The maximum atomic E-state index is 14.1. The van der Waals surface area contributed by atoms with E-state index in [9.17, 15) is 13.6 Å². The number of carboxylic acid groups (broad SMARTS) is 1. The van der Waals surface area contributed by atoms with Crippen LogP contribution in [0.5, 0.6) is 5.75 Å². The molecule has 0 unspecified atom stereocenters. The van der Waals surface area contributed by atoms with E-state index in [4.69, 9.17) is 9.84 Å². The lowest BCUT2D eigenvalue weighted by atomic mass is 9.89. The Labute approximate surface area is 194 Å². The van der Waals surface area contributed by atoms with Crippen molar-refractivity contribution in [2.75, 3.05) is 13.1 Å². The van der Waals surface area contributed by atoms with E-state index < -0.39 is 12.4 Å². The summed E-state index contributed by atoms with van der Waals surface area (Å²) >= 11 is 0. The number of hydrogen-bond donors (Lipinski definition) is 1. The number of carboxylic acids is 1. The average molecular weight is 460 g/mol. The molecule has 1 heterocycles. The summed E-state index contributed by atoms with van der Waals surface area (Å²) in [6, 6.07) is 9.43. The van der Waals surface area contributed by atoms with Crippen LogP contribution in [-0.4, -0.2) is 35.2 Å². The van der Waals surface area contributed by atoms with Gasteiger partial charge in [-0.3, -0.25) is 9.69 Å². The molecule has 180 valence electrons. The van der Waals surface area contributed by atoms with E-state index in [1.54, 1.807) is 12.1 Å². The number of benzene rings is 2. The molecule has 2 aromatic carbocycles. The summed E-state index contributed by atoms with van der Waals surface area (Å²) in [5.41, 5.74) is 1.05. The molecule has 33 heavy (non-hydrogen) atoms. The topological polar surface area (TPSA) is 49.8 Å². The molecule has 1 aliphatic carbocycles. The molecule has 2 fully saturated rings. The Morgan fingerprint density at radius 2 is 1.91 bits per heavy atom. The molecule has 2 atom stereocenters. The van der Waals surface area contributed by atoms with Gasteiger partial charge in [0.25, 0.3) is 6.43 Å². The minimum atomic E-state index is -2.60. The van der Waals surface area contributed by atoms with Crippen LogP contribution in [0, 0.1) is 11.8 Å². The summed E-state index contributed by atoms with van der Waals surface area (Å²) in [7, 11) is 0. The molecule has 1 saturated carbocycles. The second-order valence-electron chi connectivity index (χ2n) is 10.0. The van der Waals surface area contributed by atoms with Gasteiger partial charge in [0.15, 0.2) is 0 Å². The van der Waals surface area contributed by atoms with Crippen molar-refractivity contribution < 1.29 is 23.4 Å². The van der Waals surface area contributed by atoms with Crippen LogP contribution in [0.15, 0.2) is 30.3 Å². The Morgan fingerprint density at radius 1 is 1.15 bits per heavy atom. The number of likely N-dealkylation sites (tertiary alicyclic amines) is 1. The molecule has 0 amide bonds. The zero-order valence-electron chi connectivity index (χ0n) is 19.6. The van der Waals surface area contributed by atoms with Gasteiger partial charge >= 0.3 is 5.97 Å². The standard InChI is InChI=1S/C27H35F2NO3/c1-17-5-9-22(10-6-17)33-24-12-8-21-15-20(7-11-23(21)26(24)27(28)29)18(2)30-13-3-4-19(16-30)14-25(31)32/h7-8,11-12,15,17-19,22,27H,3-6,9-10,13-14,16H2,1-2H3,(H,31,32)/t17-,18-,19-,22+/m0/s1. The van der Waals surface area contributed by atoms with Gasteiger partial charge in [0.2, 0.25) is 0 Å². The first-order valence-corrected chi connectivity index (χ1v) is 12.3. The van der Waals surface area contributed by atoms with Crippen molar-refractivity contribution in [1.29, 1.82) is 0 Å². The Hall–Kier alpha value is -2.21. The normalized spacial score (nSPS) is 25.3. The molecule has 0 aromatic heterocycles. The van der Waals surface area contributed by atoms with Gasteiger partial charge in [-0.2, -0.15) is 0 Å². The lowest BCUT2D eigenvalue weighted by Gasteiger charge is -2.36. The molecule has 1 N–H and O–H groups in total. The summed E-state index contributed by atoms with van der Waals surface area (Å²) in [4.78, 5) is 13.4. The van der Waals surface area contributed by atoms with Crippen molar-refractivity contribution in [2.45, 2.75) is 77.4 Å². The van der Waals surface area contributed by atoms with E-state index in [0.29, 0.717) is 17.1 Å². The Kier molecular flexibility index (Phi) is 7.52. The predicted molar refractivity (Wildman–Crippen MR) is 126 cm³/mol. The number of nitrogens with zero attached hydrogens (tertiary/aromatic N) is 1. The first-order valence-electron chi connectivity index (χ1n) is 12.3. The highest BCUT2D eigenvalue weighted by molar-refractivity contribution is 5.88. The number of carbonyl (C=O) groups is 1. The van der Waals surface area contributed by atoms with Crippen LogP contribution in [0.3, 0.4) is 0 Å². The molecule has 2 aromatic rings. The van der Waals surface area contributed by atoms with Crippen molar-refractivity contribution in [1.82, 2.24) is 4.90 Å². The van der Waals surface area contributed by atoms with E-state index in [-0.39, 0.29) is 30.0 Å². The van der Waals surface area contributed by atoms with Crippen molar-refractivity contribution in [3.05, 3.63) is 41.5 Å². The number of alkyl halides is 2. The minimum absolute atomic E-state index is 0.00768. The second-order valence-corrected chi connectivity index (χ2v) is 10.0. The second kappa shape index (κ2) is 10.4. The van der Waals surface area contributed by atoms with Crippen LogP contribution in [0.1, 0.15) is 82.4 Å². The van der Waals surface area contributed by atoms with Crippen molar-refractivity contribution in [3.63, 3.8) is 0 Å². The summed E-state index contributed by atoms with van der Waals surface area (Å²) in [5.74, 6) is 0.397. The number of halogens is 2. The van der Waals surface area contributed by atoms with E-state index in [1.165, 1.54) is 0 Å². The van der Waals surface area contributed by atoms with E-state index in [0.717, 1.165) is 62.6 Å². The highest BCUT2D eigenvalue weighted by Crippen LogP contribution is 2.39. The van der Waals surface area contributed by atoms with Crippen molar-refractivity contribution >= 4 is 16.7 Å². The average Bonchev–Trinajstić information content (AvgIpc) is 2.79. The first-order chi connectivity index (χ1) is 15.8. The van der Waals surface area contributed by atoms with Gasteiger partial charge in [-0.25, -0.2) is 8.78 Å². The minimum Gasteiger partial charge on any atom is -0.490 e. The molecule has 4 nitrogen and oxygen atoms in total. The third-order valence-electron chi connectivity index (χ3n) is 7.56. The van der Waals surface area contributed by atoms with Crippen molar-refractivity contribution in [2.24, 2.45) is 11.8 Å². The monoisotopic (exact) mass is 459 g/mol. The molecular formula is C27H35F2NO3. The van der Waals surface area contributed by atoms with Crippen LogP contribution in [0.4, 0.5) is 8.78 Å². The van der Waals surface area contributed by atoms with E-state index in [2.05, 4.69) is 18.7 Å². The third kappa shape index (κ3) is 5.65. The van der Waals surface area contributed by atoms with Crippen LogP contribution in [0.2, 0.25) is 0 Å². The fourth-order valence-electron chi connectivity index (χ4n) is 5.54. The molecule has 0 bridgehead atoms. The zero-order valence-corrected chi connectivity index (χ0v) is 19.6. The highest BCUT2D eigenvalue weighted by Gasteiger charge is 2.27. The predicted octanol–water partition coefficient (Wildman–Crippen LogP) is 6.98.